The minimum Gasteiger partial charge on any atom is -0.350 e. The number of carbonyl (C=O) groups is 1. The Hall–Kier alpha value is -2.41. The summed E-state index contributed by atoms with van der Waals surface area (Å²) in [6, 6.07) is 13.0. The highest BCUT2D eigenvalue weighted by molar-refractivity contribution is 6.31. The quantitative estimate of drug-likeness (QED) is 0.548. The van der Waals surface area contributed by atoms with E-state index in [1.807, 2.05) is 43.3 Å². The van der Waals surface area contributed by atoms with Gasteiger partial charge in [0.1, 0.15) is 5.15 Å². The Bertz CT molecular complexity index is 943. The maximum Gasteiger partial charge on any atom is 0.221 e. The van der Waals surface area contributed by atoms with Gasteiger partial charge in [0.05, 0.1) is 23.6 Å². The number of nitrogens with zero attached hydrogens (tertiary/aromatic N) is 3. The van der Waals surface area contributed by atoms with Crippen molar-refractivity contribution in [3.8, 4) is 5.69 Å². The maximum absolute atomic E-state index is 11.9. The van der Waals surface area contributed by atoms with Crippen molar-refractivity contribution in [2.45, 2.75) is 26.4 Å². The summed E-state index contributed by atoms with van der Waals surface area (Å²) in [5, 5.41) is 11.8. The monoisotopic (exact) mass is 417 g/mol. The molecule has 0 fully saturated rings. The van der Waals surface area contributed by atoms with Gasteiger partial charge in [-0.1, -0.05) is 35.3 Å². The number of hydrogen-bond donors (Lipinski definition) is 2. The van der Waals surface area contributed by atoms with Crippen molar-refractivity contribution in [2.24, 2.45) is 0 Å². The number of nitrogens with one attached hydrogen (secondary N) is 2. The fourth-order valence-electron chi connectivity index (χ4n) is 2.71. The predicted octanol–water partition coefficient (Wildman–Crippen LogP) is 3.68. The first-order chi connectivity index (χ1) is 13.5. The second kappa shape index (κ2) is 9.68. The zero-order valence-electron chi connectivity index (χ0n) is 15.5. The Morgan fingerprint density at radius 3 is 2.75 bits per heavy atom. The molecule has 6 nitrogen and oxygen atoms in total. The standard InChI is InChI=1S/C20H21Cl2N5O/c1-14-18(20(22)27(26-14)17-7-4-5-15(21)11-17)13-23-10-8-19(28)25-12-16-6-2-3-9-24-16/h2-7,9,11,23H,8,10,12-13H2,1H3,(H,25,28). The van der Waals surface area contributed by atoms with Crippen LogP contribution in [0.1, 0.15) is 23.4 Å². The van der Waals surface area contributed by atoms with Gasteiger partial charge in [0.15, 0.2) is 0 Å². The molecule has 0 bridgehead atoms. The molecule has 2 aromatic heterocycles. The Balaban J connectivity index is 1.49. The van der Waals surface area contributed by atoms with Crippen LogP contribution in [0.2, 0.25) is 10.2 Å². The van der Waals surface area contributed by atoms with E-state index < -0.39 is 0 Å². The molecule has 0 saturated heterocycles. The lowest BCUT2D eigenvalue weighted by Crippen LogP contribution is -2.27. The molecule has 0 aliphatic heterocycles. The van der Waals surface area contributed by atoms with Crippen LogP contribution in [-0.4, -0.2) is 27.2 Å². The van der Waals surface area contributed by atoms with E-state index in [0.717, 1.165) is 22.6 Å². The van der Waals surface area contributed by atoms with E-state index in [1.165, 1.54) is 0 Å². The summed E-state index contributed by atoms with van der Waals surface area (Å²) in [6.07, 6.45) is 2.07. The molecule has 1 aromatic carbocycles. The van der Waals surface area contributed by atoms with Crippen LogP contribution in [0.25, 0.3) is 5.69 Å². The average molecular weight is 418 g/mol. The van der Waals surface area contributed by atoms with Crippen LogP contribution in [0.4, 0.5) is 0 Å². The molecule has 28 heavy (non-hydrogen) atoms. The first-order valence-electron chi connectivity index (χ1n) is 8.92. The molecule has 1 amide bonds. The van der Waals surface area contributed by atoms with Crippen molar-refractivity contribution >= 4 is 29.1 Å². The van der Waals surface area contributed by atoms with Gasteiger partial charge in [-0.05, 0) is 37.3 Å². The first kappa shape index (κ1) is 20.3. The smallest absolute Gasteiger partial charge is 0.221 e. The van der Waals surface area contributed by atoms with Gasteiger partial charge < -0.3 is 10.6 Å². The third kappa shape index (κ3) is 5.32. The largest absolute Gasteiger partial charge is 0.350 e. The number of halogens is 2. The molecule has 3 rings (SSSR count). The van der Waals surface area contributed by atoms with E-state index in [1.54, 1.807) is 16.9 Å². The summed E-state index contributed by atoms with van der Waals surface area (Å²) in [5.74, 6) is -0.0319. The summed E-state index contributed by atoms with van der Waals surface area (Å²) in [4.78, 5) is 16.1. The van der Waals surface area contributed by atoms with E-state index in [-0.39, 0.29) is 5.91 Å². The second-order valence-electron chi connectivity index (χ2n) is 6.27. The summed E-state index contributed by atoms with van der Waals surface area (Å²) in [6.45, 7) is 3.39. The van der Waals surface area contributed by atoms with Gasteiger partial charge in [0.2, 0.25) is 5.91 Å². The highest BCUT2D eigenvalue weighted by Crippen LogP contribution is 2.24. The lowest BCUT2D eigenvalue weighted by atomic mass is 10.2. The summed E-state index contributed by atoms with van der Waals surface area (Å²) >= 11 is 12.6. The Morgan fingerprint density at radius 1 is 1.14 bits per heavy atom. The minimum atomic E-state index is -0.0319. The molecule has 0 spiro atoms. The number of aryl methyl sites for hydroxylation is 1. The van der Waals surface area contributed by atoms with Crippen molar-refractivity contribution in [2.75, 3.05) is 6.54 Å². The number of carbonyl (C=O) groups excluding carboxylic acids is 1. The van der Waals surface area contributed by atoms with Crippen LogP contribution in [0.15, 0.2) is 48.7 Å². The number of pyridine rings is 1. The van der Waals surface area contributed by atoms with Crippen molar-refractivity contribution in [3.05, 3.63) is 75.8 Å². The zero-order chi connectivity index (χ0) is 19.9. The van der Waals surface area contributed by atoms with E-state index in [0.29, 0.717) is 36.2 Å². The summed E-state index contributed by atoms with van der Waals surface area (Å²) in [5.41, 5.74) is 3.37. The highest BCUT2D eigenvalue weighted by Gasteiger charge is 2.14. The van der Waals surface area contributed by atoms with E-state index in [4.69, 9.17) is 23.2 Å². The van der Waals surface area contributed by atoms with Gasteiger partial charge in [-0.25, -0.2) is 4.68 Å². The third-order valence-electron chi connectivity index (χ3n) is 4.20. The van der Waals surface area contributed by atoms with Gasteiger partial charge in [0, 0.05) is 36.3 Å². The number of amides is 1. The minimum absolute atomic E-state index is 0.0319. The SMILES string of the molecule is Cc1nn(-c2cccc(Cl)c2)c(Cl)c1CNCCC(=O)NCc1ccccn1. The first-order valence-corrected chi connectivity index (χ1v) is 9.67. The molecule has 2 heterocycles. The fourth-order valence-corrected chi connectivity index (χ4v) is 3.23. The lowest BCUT2D eigenvalue weighted by Gasteiger charge is -2.07. The zero-order valence-corrected chi connectivity index (χ0v) is 17.0. The molecule has 0 unspecified atom stereocenters. The molecular weight excluding hydrogens is 397 g/mol. The van der Waals surface area contributed by atoms with E-state index in [9.17, 15) is 4.79 Å². The molecular formula is C20H21Cl2N5O. The van der Waals surface area contributed by atoms with Gasteiger partial charge in [-0.2, -0.15) is 5.10 Å². The molecule has 8 heteroatoms. The van der Waals surface area contributed by atoms with Crippen LogP contribution >= 0.6 is 23.2 Å². The van der Waals surface area contributed by atoms with Gasteiger partial charge in [-0.3, -0.25) is 9.78 Å². The van der Waals surface area contributed by atoms with E-state index in [2.05, 4.69) is 20.7 Å². The molecule has 0 aliphatic carbocycles. The van der Waals surface area contributed by atoms with Crippen molar-refractivity contribution in [1.82, 2.24) is 25.4 Å². The number of hydrogen-bond acceptors (Lipinski definition) is 4. The second-order valence-corrected chi connectivity index (χ2v) is 7.07. The summed E-state index contributed by atoms with van der Waals surface area (Å²) < 4.78 is 1.67. The summed E-state index contributed by atoms with van der Waals surface area (Å²) in [7, 11) is 0. The molecule has 0 aliphatic rings. The van der Waals surface area contributed by atoms with E-state index >= 15 is 0 Å². The Kier molecular flexibility index (Phi) is 7.03. The third-order valence-corrected chi connectivity index (χ3v) is 4.82. The molecule has 0 saturated carbocycles. The van der Waals surface area contributed by atoms with Gasteiger partial charge in [-0.15, -0.1) is 0 Å². The topological polar surface area (TPSA) is 71.8 Å². The van der Waals surface area contributed by atoms with Crippen molar-refractivity contribution in [1.29, 1.82) is 0 Å². The predicted molar refractivity (Wildman–Crippen MR) is 111 cm³/mol. The molecule has 3 aromatic rings. The van der Waals surface area contributed by atoms with Crippen LogP contribution in [0.3, 0.4) is 0 Å². The normalized spacial score (nSPS) is 10.8. The van der Waals surface area contributed by atoms with Crippen LogP contribution < -0.4 is 10.6 Å². The lowest BCUT2D eigenvalue weighted by molar-refractivity contribution is -0.121. The fraction of sp³-hybridized carbons (Fsp3) is 0.250. The molecule has 0 radical (unpaired) electrons. The van der Waals surface area contributed by atoms with Gasteiger partial charge in [0.25, 0.3) is 0 Å². The molecule has 2 N–H and O–H groups in total. The van der Waals surface area contributed by atoms with Gasteiger partial charge >= 0.3 is 0 Å². The number of benzene rings is 1. The molecule has 0 atom stereocenters. The van der Waals surface area contributed by atoms with Crippen molar-refractivity contribution < 1.29 is 4.79 Å². The number of aromatic nitrogens is 3. The van der Waals surface area contributed by atoms with Crippen LogP contribution in [0, 0.1) is 6.92 Å². The van der Waals surface area contributed by atoms with Crippen molar-refractivity contribution in [3.63, 3.8) is 0 Å². The Labute approximate surface area is 173 Å². The highest BCUT2D eigenvalue weighted by atomic mass is 35.5. The maximum atomic E-state index is 11.9. The number of rotatable bonds is 8. The average Bonchev–Trinajstić information content (AvgIpc) is 2.98. The van der Waals surface area contributed by atoms with Crippen LogP contribution in [0.5, 0.6) is 0 Å². The Morgan fingerprint density at radius 2 is 2.00 bits per heavy atom. The van der Waals surface area contributed by atoms with Crippen LogP contribution in [-0.2, 0) is 17.9 Å². The molecule has 146 valence electrons.